The molecule has 2 rings (SSSR count). The number of piperazine rings is 1. The maximum Gasteiger partial charge on any atom is 0.410 e. The lowest BCUT2D eigenvalue weighted by molar-refractivity contribution is 0.122. The van der Waals surface area contributed by atoms with E-state index in [4.69, 9.17) is 4.74 Å². The third-order valence-electron chi connectivity index (χ3n) is 4.46. The van der Waals surface area contributed by atoms with Crippen LogP contribution in [0.5, 0.6) is 0 Å². The van der Waals surface area contributed by atoms with Crippen molar-refractivity contribution in [2.75, 3.05) is 32.7 Å². The number of nitrogens with one attached hydrogen (secondary N) is 1. The molecule has 0 saturated carbocycles. The molecule has 1 N–H and O–H groups in total. The van der Waals surface area contributed by atoms with E-state index in [2.05, 4.69) is 49.2 Å². The van der Waals surface area contributed by atoms with Crippen LogP contribution in [0.2, 0.25) is 0 Å². The number of hydrogen-bond donors (Lipinski definition) is 1. The zero-order valence-electron chi connectivity index (χ0n) is 14.3. The van der Waals surface area contributed by atoms with Gasteiger partial charge in [0.15, 0.2) is 0 Å². The van der Waals surface area contributed by atoms with Crippen LogP contribution in [-0.2, 0) is 4.74 Å². The van der Waals surface area contributed by atoms with Gasteiger partial charge >= 0.3 is 6.09 Å². The highest BCUT2D eigenvalue weighted by Crippen LogP contribution is 2.25. The van der Waals surface area contributed by atoms with Crippen molar-refractivity contribution in [3.8, 4) is 0 Å². The first kappa shape index (κ1) is 16.9. The molecular weight excluding hydrogens is 278 g/mol. The molecule has 1 atom stereocenters. The third kappa shape index (κ3) is 3.83. The van der Waals surface area contributed by atoms with Gasteiger partial charge < -0.3 is 15.0 Å². The zero-order chi connectivity index (χ0) is 16.2. The van der Waals surface area contributed by atoms with Crippen LogP contribution in [0, 0.1) is 0 Å². The second kappa shape index (κ2) is 7.18. The molecule has 0 bridgehead atoms. The first-order chi connectivity index (χ1) is 10.5. The smallest absolute Gasteiger partial charge is 0.410 e. The average molecular weight is 307 g/mol. The Bertz CT molecular complexity index is 451. The first-order valence-electron chi connectivity index (χ1n) is 8.27. The molecule has 0 spiro atoms. The number of carbonyl (C=O) groups excluding carboxylic acids is 1. The van der Waals surface area contributed by atoms with Crippen molar-refractivity contribution in [3.63, 3.8) is 0 Å². The van der Waals surface area contributed by atoms with Crippen LogP contribution in [0.1, 0.15) is 34.1 Å². The highest BCUT2D eigenvalue weighted by molar-refractivity contribution is 5.71. The third-order valence-corrected chi connectivity index (χ3v) is 4.46. The first-order valence-corrected chi connectivity index (χ1v) is 8.27. The number of carbonyl (C=O) groups is 1. The summed E-state index contributed by atoms with van der Waals surface area (Å²) in [7, 11) is 0. The molecule has 2 saturated heterocycles. The standard InChI is InChI=1S/C17H29N3O2/c1-5-14(19-11-9-18-10-12-19)7-8-17(3,4)20-13-15(6-2)22-16(20)21/h5,7-8,15,18H,6,9-13H2,1-4H3/b8-7-,14-5+. The van der Waals surface area contributed by atoms with Crippen molar-refractivity contribution in [2.45, 2.75) is 45.8 Å². The second-order valence-electron chi connectivity index (χ2n) is 6.46. The summed E-state index contributed by atoms with van der Waals surface area (Å²) in [4.78, 5) is 16.2. The lowest BCUT2D eigenvalue weighted by atomic mass is 10.0. The fourth-order valence-electron chi connectivity index (χ4n) is 2.89. The van der Waals surface area contributed by atoms with E-state index in [9.17, 15) is 4.79 Å². The molecule has 124 valence electrons. The number of amides is 1. The Hall–Kier alpha value is -1.49. The molecule has 0 aromatic carbocycles. The van der Waals surface area contributed by atoms with E-state index in [1.165, 1.54) is 5.70 Å². The van der Waals surface area contributed by atoms with Crippen LogP contribution in [0.3, 0.4) is 0 Å². The van der Waals surface area contributed by atoms with Crippen LogP contribution >= 0.6 is 0 Å². The van der Waals surface area contributed by atoms with E-state index >= 15 is 0 Å². The van der Waals surface area contributed by atoms with Crippen LogP contribution in [0.15, 0.2) is 23.9 Å². The molecule has 2 aliphatic heterocycles. The largest absolute Gasteiger partial charge is 0.444 e. The minimum Gasteiger partial charge on any atom is -0.444 e. The van der Waals surface area contributed by atoms with Gasteiger partial charge in [0.05, 0.1) is 12.1 Å². The van der Waals surface area contributed by atoms with Gasteiger partial charge in [0.1, 0.15) is 6.10 Å². The maximum absolute atomic E-state index is 12.0. The minimum absolute atomic E-state index is 0.0227. The average Bonchev–Trinajstić information content (AvgIpc) is 2.91. The molecule has 5 nitrogen and oxygen atoms in total. The number of nitrogens with zero attached hydrogens (tertiary/aromatic N) is 2. The van der Waals surface area contributed by atoms with E-state index < -0.39 is 0 Å². The molecule has 2 aliphatic rings. The van der Waals surface area contributed by atoms with Crippen LogP contribution in [-0.4, -0.2) is 60.3 Å². The van der Waals surface area contributed by atoms with E-state index in [0.29, 0.717) is 6.54 Å². The second-order valence-corrected chi connectivity index (χ2v) is 6.46. The maximum atomic E-state index is 12.0. The number of ether oxygens (including phenoxy) is 1. The molecule has 0 aromatic heterocycles. The van der Waals surface area contributed by atoms with Gasteiger partial charge in [0.25, 0.3) is 0 Å². The van der Waals surface area contributed by atoms with E-state index in [1.807, 2.05) is 11.8 Å². The Labute approximate surface area is 134 Å². The van der Waals surface area contributed by atoms with E-state index in [-0.39, 0.29) is 17.7 Å². The van der Waals surface area contributed by atoms with E-state index in [1.54, 1.807) is 0 Å². The Morgan fingerprint density at radius 2 is 2.09 bits per heavy atom. The van der Waals surface area contributed by atoms with Gasteiger partial charge in [-0.1, -0.05) is 19.1 Å². The molecule has 2 heterocycles. The van der Waals surface area contributed by atoms with Crippen molar-refractivity contribution < 1.29 is 9.53 Å². The van der Waals surface area contributed by atoms with Crippen LogP contribution in [0.4, 0.5) is 4.79 Å². The fraction of sp³-hybridized carbons (Fsp3) is 0.706. The summed E-state index contributed by atoms with van der Waals surface area (Å²) in [6.07, 6.45) is 7.07. The minimum atomic E-state index is -0.344. The van der Waals surface area contributed by atoms with Gasteiger partial charge in [-0.15, -0.1) is 0 Å². The van der Waals surface area contributed by atoms with Crippen molar-refractivity contribution in [1.29, 1.82) is 0 Å². The predicted molar refractivity (Wildman–Crippen MR) is 88.7 cm³/mol. The Balaban J connectivity index is 2.04. The van der Waals surface area contributed by atoms with Crippen LogP contribution in [0.25, 0.3) is 0 Å². The topological polar surface area (TPSA) is 44.8 Å². The van der Waals surface area contributed by atoms with Gasteiger partial charge in [-0.3, -0.25) is 4.90 Å². The number of rotatable bonds is 5. The molecule has 1 amide bonds. The van der Waals surface area contributed by atoms with Crippen molar-refractivity contribution >= 4 is 6.09 Å². The van der Waals surface area contributed by atoms with Gasteiger partial charge in [-0.05, 0) is 33.3 Å². The van der Waals surface area contributed by atoms with E-state index in [0.717, 1.165) is 32.6 Å². The molecule has 0 aromatic rings. The molecule has 22 heavy (non-hydrogen) atoms. The predicted octanol–water partition coefficient (Wildman–Crippen LogP) is 2.36. The highest BCUT2D eigenvalue weighted by Gasteiger charge is 2.38. The Morgan fingerprint density at radius 3 is 2.64 bits per heavy atom. The number of cyclic esters (lactones) is 1. The zero-order valence-corrected chi connectivity index (χ0v) is 14.3. The van der Waals surface area contributed by atoms with Crippen molar-refractivity contribution in [3.05, 3.63) is 23.9 Å². The SMILES string of the molecule is C/C=C(\C=C/C(C)(C)N1CC(CC)OC1=O)N1CCNCC1. The monoisotopic (exact) mass is 307 g/mol. The normalized spacial score (nSPS) is 24.3. The lowest BCUT2D eigenvalue weighted by Crippen LogP contribution is -2.44. The summed E-state index contributed by atoms with van der Waals surface area (Å²) >= 11 is 0. The Kier molecular flexibility index (Phi) is 5.51. The van der Waals surface area contributed by atoms with Crippen molar-refractivity contribution in [1.82, 2.24) is 15.1 Å². The summed E-state index contributed by atoms with van der Waals surface area (Å²) in [5, 5.41) is 3.37. The highest BCUT2D eigenvalue weighted by atomic mass is 16.6. The van der Waals surface area contributed by atoms with Gasteiger partial charge in [-0.25, -0.2) is 4.79 Å². The molecule has 0 radical (unpaired) electrons. The lowest BCUT2D eigenvalue weighted by Gasteiger charge is -2.33. The molecule has 2 fully saturated rings. The van der Waals surface area contributed by atoms with Crippen molar-refractivity contribution in [2.24, 2.45) is 0 Å². The summed E-state index contributed by atoms with van der Waals surface area (Å²) in [5.74, 6) is 0. The van der Waals surface area contributed by atoms with Gasteiger partial charge in [0.2, 0.25) is 0 Å². The van der Waals surface area contributed by atoms with Gasteiger partial charge in [0, 0.05) is 31.9 Å². The molecule has 5 heteroatoms. The molecule has 0 aliphatic carbocycles. The fourth-order valence-corrected chi connectivity index (χ4v) is 2.89. The summed E-state index contributed by atoms with van der Waals surface area (Å²) in [5.41, 5.74) is 0.873. The summed E-state index contributed by atoms with van der Waals surface area (Å²) in [6, 6.07) is 0. The summed E-state index contributed by atoms with van der Waals surface area (Å²) in [6.45, 7) is 13.0. The van der Waals surface area contributed by atoms with Gasteiger partial charge in [-0.2, -0.15) is 0 Å². The number of hydrogen-bond acceptors (Lipinski definition) is 4. The summed E-state index contributed by atoms with van der Waals surface area (Å²) < 4.78 is 5.38. The Morgan fingerprint density at radius 1 is 1.41 bits per heavy atom. The quantitative estimate of drug-likeness (QED) is 0.792. The molecule has 1 unspecified atom stereocenters. The van der Waals surface area contributed by atoms with Crippen LogP contribution < -0.4 is 5.32 Å². The molecular formula is C17H29N3O2. The number of allylic oxidation sites excluding steroid dienone is 2.